The molecule has 1 aliphatic heterocycles. The summed E-state index contributed by atoms with van der Waals surface area (Å²) in [6.45, 7) is -1.71. The van der Waals surface area contributed by atoms with Crippen molar-refractivity contribution in [2.75, 3.05) is 0 Å². The number of hydrogen-bond donors (Lipinski definition) is 0. The van der Waals surface area contributed by atoms with Crippen LogP contribution in [-0.2, 0) is 25.7 Å². The van der Waals surface area contributed by atoms with Gasteiger partial charge in [-0.2, -0.15) is 0 Å². The van der Waals surface area contributed by atoms with Crippen LogP contribution in [-0.4, -0.2) is 44.1 Å². The number of carbonyl (C=O) groups is 3. The molecule has 1 fully saturated rings. The van der Waals surface area contributed by atoms with Crippen LogP contribution in [0.25, 0.3) is 0 Å². The largest absolute Gasteiger partial charge is 0.456 e. The average molecular weight is 673 g/mol. The van der Waals surface area contributed by atoms with Crippen molar-refractivity contribution in [2.24, 2.45) is 0 Å². The van der Waals surface area contributed by atoms with Gasteiger partial charge in [-0.25, -0.2) is 4.79 Å². The number of nitrogens with zero attached hydrogens (tertiary/aromatic N) is 2. The predicted octanol–water partition coefficient (Wildman–Crippen LogP) is 5.58. The van der Waals surface area contributed by atoms with Gasteiger partial charge < -0.3 is 14.4 Å². The Kier molecular flexibility index (Phi) is 10.0. The Balaban J connectivity index is 1.57. The third-order valence-corrected chi connectivity index (χ3v) is 12.7. The molecule has 0 bridgehead atoms. The van der Waals surface area contributed by atoms with Crippen molar-refractivity contribution in [3.05, 3.63) is 151 Å². The molecule has 2 heterocycles. The van der Waals surface area contributed by atoms with Crippen molar-refractivity contribution >= 4 is 63.1 Å². The standard InChI is InChI=1S/C39H33N2O5PS/c1-28(42)46-34-23-14-24-40-37(34)35(48)25-30-26-36(43)41(30)38(39(44)45-27-29-15-6-2-7-16-29)47(31-17-8-3-9-18-31,32-19-10-4-11-20-32)33-21-12-5-13-22-33/h2-24,30H,25-27H2,1H3. The average Bonchev–Trinajstić information content (AvgIpc) is 3.12. The highest BCUT2D eigenvalue weighted by atomic mass is 32.1. The third kappa shape index (κ3) is 6.63. The Bertz CT molecular complexity index is 1900. The van der Waals surface area contributed by atoms with Gasteiger partial charge in [0.05, 0.1) is 6.04 Å². The Morgan fingerprint density at radius 1 is 0.792 bits per heavy atom. The highest BCUT2D eigenvalue weighted by molar-refractivity contribution is 7.96. The highest BCUT2D eigenvalue weighted by Gasteiger charge is 2.47. The van der Waals surface area contributed by atoms with Gasteiger partial charge in [-0.15, -0.1) is 0 Å². The number of esters is 2. The van der Waals surface area contributed by atoms with Gasteiger partial charge in [-0.1, -0.05) is 134 Å². The van der Waals surface area contributed by atoms with Gasteiger partial charge in [-0.05, 0) is 33.6 Å². The molecule has 0 spiro atoms. The van der Waals surface area contributed by atoms with Crippen LogP contribution >= 0.6 is 19.1 Å². The van der Waals surface area contributed by atoms with E-state index >= 15 is 0 Å². The van der Waals surface area contributed by atoms with Crippen molar-refractivity contribution in [3.8, 4) is 5.75 Å². The van der Waals surface area contributed by atoms with E-state index in [4.69, 9.17) is 21.7 Å². The van der Waals surface area contributed by atoms with Crippen LogP contribution < -0.4 is 20.7 Å². The zero-order chi connectivity index (χ0) is 33.5. The number of amides is 1. The zero-order valence-electron chi connectivity index (χ0n) is 26.3. The number of hydrogen-bond acceptors (Lipinski definition) is 7. The molecule has 6 rings (SSSR count). The minimum absolute atomic E-state index is 0.0341. The number of thiocarbonyl (C=S) groups is 1. The summed E-state index contributed by atoms with van der Waals surface area (Å²) in [6, 6.07) is 41.9. The SMILES string of the molecule is CC(=O)Oc1cccnc1C(=S)CC1CC(=O)N1C(C(=O)OCc1ccccc1)=P(c1ccccc1)(c1ccccc1)c1ccccc1. The van der Waals surface area contributed by atoms with E-state index in [-0.39, 0.29) is 36.5 Å². The first-order valence-corrected chi connectivity index (χ1v) is 17.7. The summed E-state index contributed by atoms with van der Waals surface area (Å²) >= 11 is 5.86. The number of carbonyl (C=O) groups excluding carboxylic acids is 3. The first-order valence-electron chi connectivity index (χ1n) is 15.5. The van der Waals surface area contributed by atoms with Gasteiger partial charge >= 0.3 is 11.9 Å². The number of β-lactam (4-membered cyclic amide) rings is 1. The lowest BCUT2D eigenvalue weighted by Gasteiger charge is -2.45. The van der Waals surface area contributed by atoms with E-state index in [1.165, 1.54) is 6.92 Å². The summed E-state index contributed by atoms with van der Waals surface area (Å²) in [7, 11) is 0. The van der Waals surface area contributed by atoms with Crippen molar-refractivity contribution in [1.82, 2.24) is 9.88 Å². The lowest BCUT2D eigenvalue weighted by molar-refractivity contribution is -0.144. The molecule has 4 aromatic carbocycles. The molecule has 9 heteroatoms. The number of pyridine rings is 1. The summed E-state index contributed by atoms with van der Waals surface area (Å²) < 4.78 is 11.5. The number of likely N-dealkylation sites (tertiary alicyclic amines) is 1. The smallest absolute Gasteiger partial charge is 0.356 e. The van der Waals surface area contributed by atoms with Gasteiger partial charge in [0.1, 0.15) is 17.7 Å². The molecule has 1 aromatic heterocycles. The molecule has 5 aromatic rings. The second-order valence-electron chi connectivity index (χ2n) is 11.3. The molecule has 1 amide bonds. The number of rotatable bonds is 11. The summed E-state index contributed by atoms with van der Waals surface area (Å²) in [5, 5.41) is 2.70. The van der Waals surface area contributed by atoms with E-state index in [0.717, 1.165) is 21.5 Å². The van der Waals surface area contributed by atoms with Crippen molar-refractivity contribution in [1.29, 1.82) is 0 Å². The third-order valence-electron chi connectivity index (χ3n) is 8.13. The van der Waals surface area contributed by atoms with Gasteiger partial charge in [0, 0.05) is 37.7 Å². The Morgan fingerprint density at radius 3 is 1.81 bits per heavy atom. The van der Waals surface area contributed by atoms with E-state index < -0.39 is 24.9 Å². The quantitative estimate of drug-likeness (QED) is 0.0596. The van der Waals surface area contributed by atoms with Crippen molar-refractivity contribution in [3.63, 3.8) is 0 Å². The molecule has 0 aliphatic carbocycles. The Morgan fingerprint density at radius 2 is 1.31 bits per heavy atom. The van der Waals surface area contributed by atoms with Crippen LogP contribution in [0.15, 0.2) is 140 Å². The highest BCUT2D eigenvalue weighted by Crippen LogP contribution is 2.49. The van der Waals surface area contributed by atoms with Gasteiger partial charge in [-0.3, -0.25) is 14.6 Å². The summed E-state index contributed by atoms with van der Waals surface area (Å²) in [6.07, 6.45) is 1.97. The minimum Gasteiger partial charge on any atom is -0.456 e. The lowest BCUT2D eigenvalue weighted by Crippen LogP contribution is -2.60. The topological polar surface area (TPSA) is 85.8 Å². The van der Waals surface area contributed by atoms with Gasteiger partial charge in [0.2, 0.25) is 5.91 Å². The monoisotopic (exact) mass is 672 g/mol. The van der Waals surface area contributed by atoms with E-state index in [1.807, 2.05) is 121 Å². The number of aromatic nitrogens is 1. The van der Waals surface area contributed by atoms with E-state index in [1.54, 1.807) is 23.2 Å². The molecule has 1 saturated heterocycles. The van der Waals surface area contributed by atoms with E-state index in [2.05, 4.69) is 4.98 Å². The maximum atomic E-state index is 14.8. The Hall–Kier alpha value is -5.17. The van der Waals surface area contributed by atoms with Crippen LogP contribution in [0, 0.1) is 0 Å². The molecule has 1 aliphatic rings. The second-order valence-corrected chi connectivity index (χ2v) is 15.1. The maximum Gasteiger partial charge on any atom is 0.356 e. The first-order chi connectivity index (χ1) is 23.4. The minimum atomic E-state index is -3.06. The number of ether oxygens (including phenoxy) is 2. The summed E-state index contributed by atoms with van der Waals surface area (Å²) in [5.74, 6) is -1.03. The fraction of sp³-hybridized carbons (Fsp3) is 0.128. The molecule has 1 unspecified atom stereocenters. The normalized spacial score (nSPS) is 14.1. The zero-order valence-corrected chi connectivity index (χ0v) is 28.0. The van der Waals surface area contributed by atoms with E-state index in [9.17, 15) is 14.4 Å². The molecule has 0 N–H and O–H groups in total. The summed E-state index contributed by atoms with van der Waals surface area (Å²) in [5.41, 5.74) is 1.46. The van der Waals surface area contributed by atoms with Crippen LogP contribution in [0.5, 0.6) is 5.75 Å². The second kappa shape index (κ2) is 14.7. The molecule has 1 atom stereocenters. The number of benzene rings is 4. The van der Waals surface area contributed by atoms with Crippen LogP contribution in [0.3, 0.4) is 0 Å². The lowest BCUT2D eigenvalue weighted by atomic mass is 9.95. The van der Waals surface area contributed by atoms with Crippen molar-refractivity contribution < 1.29 is 23.9 Å². The molecule has 240 valence electrons. The van der Waals surface area contributed by atoms with Crippen LogP contribution in [0.1, 0.15) is 31.0 Å². The molecule has 0 radical (unpaired) electrons. The molecular formula is C39H33N2O5PS. The van der Waals surface area contributed by atoms with Crippen LogP contribution in [0.2, 0.25) is 0 Å². The van der Waals surface area contributed by atoms with Gasteiger partial charge in [0.15, 0.2) is 5.75 Å². The molecular weight excluding hydrogens is 639 g/mol. The predicted molar refractivity (Wildman–Crippen MR) is 194 cm³/mol. The molecule has 7 nitrogen and oxygen atoms in total. The first kappa shape index (κ1) is 32.8. The fourth-order valence-corrected chi connectivity index (χ4v) is 10.8. The van der Waals surface area contributed by atoms with Crippen molar-refractivity contribution in [2.45, 2.75) is 32.4 Å². The fourth-order valence-electron chi connectivity index (χ4n) is 6.04. The maximum absolute atomic E-state index is 14.8. The van der Waals surface area contributed by atoms with Crippen LogP contribution in [0.4, 0.5) is 0 Å². The summed E-state index contributed by atoms with van der Waals surface area (Å²) in [4.78, 5) is 47.0. The van der Waals surface area contributed by atoms with Gasteiger partial charge in [0.25, 0.3) is 0 Å². The molecule has 48 heavy (non-hydrogen) atoms. The van der Waals surface area contributed by atoms with E-state index in [0.29, 0.717) is 10.6 Å². The Labute approximate surface area is 285 Å². The molecule has 0 saturated carbocycles.